The predicted octanol–water partition coefficient (Wildman–Crippen LogP) is -0.257. The van der Waals surface area contributed by atoms with Gasteiger partial charge in [-0.25, -0.2) is 0 Å². The van der Waals surface area contributed by atoms with E-state index in [2.05, 4.69) is 10.3 Å². The summed E-state index contributed by atoms with van der Waals surface area (Å²) in [5.41, 5.74) is 1.38. The first-order valence-electron chi connectivity index (χ1n) is 2.04. The Labute approximate surface area is 41.6 Å². The van der Waals surface area contributed by atoms with Gasteiger partial charge in [-0.2, -0.15) is 0 Å². The number of hydrogen-bond acceptors (Lipinski definition) is 3. The minimum absolute atomic E-state index is 0.958. The van der Waals surface area contributed by atoms with Gasteiger partial charge in [-0.3, -0.25) is 0 Å². The molecule has 0 aliphatic carbocycles. The molecule has 2 N–H and O–H groups in total. The highest BCUT2D eigenvalue weighted by Crippen LogP contribution is 2.05. The first-order valence-corrected chi connectivity index (χ1v) is 2.04. The lowest BCUT2D eigenvalue weighted by Crippen LogP contribution is -2.34. The third-order valence-electron chi connectivity index (χ3n) is 0.726. The fourth-order valence-corrected chi connectivity index (χ4v) is 0.354. The molecule has 1 heterocycles. The van der Waals surface area contributed by atoms with Gasteiger partial charge in [0.2, 0.25) is 0 Å². The molecule has 1 unspecified atom stereocenters. The van der Waals surface area contributed by atoms with Crippen molar-refractivity contribution in [3.05, 3.63) is 12.3 Å². The standard InChI is InChI=1S/C4H7NO2/c1-4(6)2-3-7-5-4/h2-3,5-6H,1H3. The van der Waals surface area contributed by atoms with Gasteiger partial charge in [-0.1, -0.05) is 0 Å². The van der Waals surface area contributed by atoms with Gasteiger partial charge in [0.15, 0.2) is 5.72 Å². The maximum Gasteiger partial charge on any atom is 0.167 e. The molecule has 0 bridgehead atoms. The average molecular weight is 101 g/mol. The van der Waals surface area contributed by atoms with Gasteiger partial charge < -0.3 is 9.94 Å². The molecule has 0 aromatic rings. The average Bonchev–Trinajstić information content (AvgIpc) is 1.84. The van der Waals surface area contributed by atoms with Crippen molar-refractivity contribution in [2.24, 2.45) is 0 Å². The van der Waals surface area contributed by atoms with E-state index in [1.54, 1.807) is 6.92 Å². The molecule has 0 amide bonds. The zero-order valence-corrected chi connectivity index (χ0v) is 4.01. The second kappa shape index (κ2) is 1.21. The molecule has 1 aliphatic heterocycles. The van der Waals surface area contributed by atoms with E-state index < -0.39 is 5.72 Å². The largest absolute Gasteiger partial charge is 0.414 e. The van der Waals surface area contributed by atoms with Crippen LogP contribution in [0.3, 0.4) is 0 Å². The van der Waals surface area contributed by atoms with E-state index in [-0.39, 0.29) is 0 Å². The van der Waals surface area contributed by atoms with Crippen LogP contribution in [0.1, 0.15) is 6.92 Å². The number of hydrogen-bond donors (Lipinski definition) is 2. The van der Waals surface area contributed by atoms with E-state index >= 15 is 0 Å². The zero-order chi connectivity index (χ0) is 5.33. The van der Waals surface area contributed by atoms with Crippen molar-refractivity contribution in [2.45, 2.75) is 12.6 Å². The summed E-state index contributed by atoms with van der Waals surface area (Å²) in [6, 6.07) is 0. The van der Waals surface area contributed by atoms with Crippen LogP contribution < -0.4 is 5.48 Å². The second-order valence-corrected chi connectivity index (χ2v) is 1.67. The fraction of sp³-hybridized carbons (Fsp3) is 0.500. The Balaban J connectivity index is 2.57. The Hall–Kier alpha value is -0.540. The van der Waals surface area contributed by atoms with E-state index in [1.807, 2.05) is 0 Å². The monoisotopic (exact) mass is 101 g/mol. The van der Waals surface area contributed by atoms with E-state index in [9.17, 15) is 0 Å². The normalized spacial score (nSPS) is 38.6. The SMILES string of the molecule is CC1(O)C=CON1. The topological polar surface area (TPSA) is 41.5 Å². The summed E-state index contributed by atoms with van der Waals surface area (Å²) in [5, 5.41) is 8.87. The van der Waals surface area contributed by atoms with Crippen LogP contribution in [0.2, 0.25) is 0 Å². The van der Waals surface area contributed by atoms with Gasteiger partial charge in [0.05, 0.1) is 0 Å². The Kier molecular flexibility index (Phi) is 0.800. The molecule has 0 aromatic heterocycles. The Morgan fingerprint density at radius 3 is 2.71 bits per heavy atom. The third kappa shape index (κ3) is 0.913. The van der Waals surface area contributed by atoms with Crippen LogP contribution in [0.25, 0.3) is 0 Å². The molecule has 7 heavy (non-hydrogen) atoms. The second-order valence-electron chi connectivity index (χ2n) is 1.67. The van der Waals surface area contributed by atoms with Crippen LogP contribution in [-0.2, 0) is 4.84 Å². The molecule has 1 rings (SSSR count). The van der Waals surface area contributed by atoms with E-state index in [1.165, 1.54) is 12.3 Å². The molecule has 0 saturated carbocycles. The van der Waals surface area contributed by atoms with Crippen LogP contribution in [0.15, 0.2) is 12.3 Å². The molecule has 0 fully saturated rings. The van der Waals surface area contributed by atoms with Crippen LogP contribution >= 0.6 is 0 Å². The minimum atomic E-state index is -0.958. The lowest BCUT2D eigenvalue weighted by Gasteiger charge is -2.10. The maximum atomic E-state index is 8.87. The van der Waals surface area contributed by atoms with Gasteiger partial charge in [0, 0.05) is 6.08 Å². The lowest BCUT2D eigenvalue weighted by molar-refractivity contribution is -0.0246. The van der Waals surface area contributed by atoms with Crippen LogP contribution in [0, 0.1) is 0 Å². The fourth-order valence-electron chi connectivity index (χ4n) is 0.354. The highest BCUT2D eigenvalue weighted by molar-refractivity contribution is 4.94. The van der Waals surface area contributed by atoms with E-state index in [0.717, 1.165) is 0 Å². The summed E-state index contributed by atoms with van der Waals surface area (Å²) in [6.07, 6.45) is 2.92. The van der Waals surface area contributed by atoms with Crippen molar-refractivity contribution < 1.29 is 9.94 Å². The number of nitrogens with one attached hydrogen (secondary N) is 1. The van der Waals surface area contributed by atoms with Crippen molar-refractivity contribution in [3.63, 3.8) is 0 Å². The molecule has 1 atom stereocenters. The summed E-state index contributed by atoms with van der Waals surface area (Å²) in [4.78, 5) is 4.48. The van der Waals surface area contributed by atoms with Gasteiger partial charge in [0.25, 0.3) is 0 Å². The maximum absolute atomic E-state index is 8.87. The summed E-state index contributed by atoms with van der Waals surface area (Å²) in [6.45, 7) is 1.59. The van der Waals surface area contributed by atoms with Crippen molar-refractivity contribution in [3.8, 4) is 0 Å². The highest BCUT2D eigenvalue weighted by atomic mass is 16.7. The van der Waals surface area contributed by atoms with Crippen molar-refractivity contribution in [1.82, 2.24) is 5.48 Å². The Morgan fingerprint density at radius 1 is 1.86 bits per heavy atom. The minimum Gasteiger partial charge on any atom is -0.414 e. The third-order valence-corrected chi connectivity index (χ3v) is 0.726. The smallest absolute Gasteiger partial charge is 0.167 e. The Morgan fingerprint density at radius 2 is 2.57 bits per heavy atom. The number of rotatable bonds is 0. The highest BCUT2D eigenvalue weighted by Gasteiger charge is 2.19. The molecule has 1 aliphatic rings. The van der Waals surface area contributed by atoms with Gasteiger partial charge in [0.1, 0.15) is 6.26 Å². The molecule has 0 saturated heterocycles. The van der Waals surface area contributed by atoms with Crippen LogP contribution in [-0.4, -0.2) is 10.8 Å². The Bertz CT molecular complexity index is 97.9. The molecule has 0 aromatic carbocycles. The van der Waals surface area contributed by atoms with Crippen molar-refractivity contribution in [1.29, 1.82) is 0 Å². The molecule has 3 nitrogen and oxygen atoms in total. The first kappa shape index (κ1) is 4.61. The lowest BCUT2D eigenvalue weighted by atomic mass is 10.3. The summed E-state index contributed by atoms with van der Waals surface area (Å²) < 4.78 is 0. The molecule has 40 valence electrons. The summed E-state index contributed by atoms with van der Waals surface area (Å²) in [5.74, 6) is 0. The van der Waals surface area contributed by atoms with Crippen LogP contribution in [0.4, 0.5) is 0 Å². The molecule has 0 spiro atoms. The predicted molar refractivity (Wildman–Crippen MR) is 24.0 cm³/mol. The van der Waals surface area contributed by atoms with E-state index in [4.69, 9.17) is 5.11 Å². The zero-order valence-electron chi connectivity index (χ0n) is 4.01. The molecule has 3 heteroatoms. The molecule has 0 radical (unpaired) electrons. The number of hydroxylamine groups is 1. The molecular formula is C4H7NO2. The van der Waals surface area contributed by atoms with E-state index in [0.29, 0.717) is 0 Å². The van der Waals surface area contributed by atoms with Crippen molar-refractivity contribution >= 4 is 0 Å². The molecular weight excluding hydrogens is 94.0 g/mol. The quantitative estimate of drug-likeness (QED) is 0.442. The number of aliphatic hydroxyl groups is 1. The first-order chi connectivity index (χ1) is 3.21. The van der Waals surface area contributed by atoms with Crippen molar-refractivity contribution in [2.75, 3.05) is 0 Å². The summed E-state index contributed by atoms with van der Waals surface area (Å²) in [7, 11) is 0. The van der Waals surface area contributed by atoms with Gasteiger partial charge in [-0.15, -0.1) is 5.48 Å². The summed E-state index contributed by atoms with van der Waals surface area (Å²) >= 11 is 0. The van der Waals surface area contributed by atoms with Gasteiger partial charge in [-0.05, 0) is 6.92 Å². The van der Waals surface area contributed by atoms with Crippen LogP contribution in [0.5, 0.6) is 0 Å². The van der Waals surface area contributed by atoms with Gasteiger partial charge >= 0.3 is 0 Å².